The van der Waals surface area contributed by atoms with Crippen LogP contribution in [0.4, 0.5) is 0 Å². The van der Waals surface area contributed by atoms with Crippen LogP contribution in [0.25, 0.3) is 0 Å². The first-order valence-corrected chi connectivity index (χ1v) is 11.2. The Morgan fingerprint density at radius 2 is 0.913 bits per heavy atom. The molecule has 0 saturated carbocycles. The molecular weight excluding hydrogens is 336 g/mol. The quantitative estimate of drug-likeness (QED) is 0.634. The standard InChI is InChI=1S/C14H34O7Si2/c1-11(2)17-22(15,19-13(5,6)7)21-23(16,18-12(3)4)20-14(8,9)10/h11-12,15-16H,1-10H3/t22-,23+. The lowest BCUT2D eigenvalue weighted by molar-refractivity contribution is -0.1000. The van der Waals surface area contributed by atoms with E-state index in [1.54, 1.807) is 69.2 Å². The molecule has 0 fully saturated rings. The third kappa shape index (κ3) is 11.4. The molecule has 0 amide bonds. The molecule has 0 rings (SSSR count). The molecule has 0 aliphatic carbocycles. The largest absolute Gasteiger partial charge is 0.671 e. The minimum Gasteiger partial charge on any atom is -0.368 e. The molecule has 0 aromatic heterocycles. The zero-order valence-corrected chi connectivity index (χ0v) is 18.1. The SMILES string of the molecule is CC(C)O[Si@@](O)(OC(C)(C)C)O[Si@](O)(OC(C)C)OC(C)(C)C. The highest BCUT2D eigenvalue weighted by atomic mass is 28.5. The maximum atomic E-state index is 10.7. The second-order valence-corrected chi connectivity index (χ2v) is 11.7. The second kappa shape index (κ2) is 8.02. The van der Waals surface area contributed by atoms with E-state index < -0.39 is 29.3 Å². The predicted molar refractivity (Wildman–Crippen MR) is 91.1 cm³/mol. The van der Waals surface area contributed by atoms with Crippen LogP contribution in [-0.4, -0.2) is 51.1 Å². The zero-order chi connectivity index (χ0) is 18.7. The molecule has 0 aromatic carbocycles. The summed E-state index contributed by atoms with van der Waals surface area (Å²) < 4.78 is 27.6. The molecular formula is C14H34O7Si2. The molecule has 0 bridgehead atoms. The lowest BCUT2D eigenvalue weighted by Gasteiger charge is -2.38. The number of rotatable bonds is 8. The summed E-state index contributed by atoms with van der Waals surface area (Å²) in [5, 5.41) is 0. The van der Waals surface area contributed by atoms with E-state index in [-0.39, 0.29) is 12.2 Å². The number of hydrogen-bond donors (Lipinski definition) is 2. The van der Waals surface area contributed by atoms with Gasteiger partial charge < -0.3 is 31.4 Å². The highest BCUT2D eigenvalue weighted by Gasteiger charge is 2.59. The Balaban J connectivity index is 5.49. The summed E-state index contributed by atoms with van der Waals surface area (Å²) in [6.07, 6.45) is -0.720. The summed E-state index contributed by atoms with van der Waals surface area (Å²) in [7, 11) is -8.38. The molecule has 2 N–H and O–H groups in total. The fraction of sp³-hybridized carbons (Fsp3) is 1.00. The van der Waals surface area contributed by atoms with Crippen molar-refractivity contribution in [3.8, 4) is 0 Å². The van der Waals surface area contributed by atoms with Gasteiger partial charge in [0.05, 0.1) is 11.2 Å². The van der Waals surface area contributed by atoms with Crippen LogP contribution in [0.1, 0.15) is 69.2 Å². The maximum Gasteiger partial charge on any atom is 0.671 e. The fourth-order valence-electron chi connectivity index (χ4n) is 1.67. The van der Waals surface area contributed by atoms with Crippen molar-refractivity contribution in [2.45, 2.75) is 92.6 Å². The van der Waals surface area contributed by atoms with Gasteiger partial charge in [0.25, 0.3) is 0 Å². The fourth-order valence-corrected chi connectivity index (χ4v) is 6.53. The minimum absolute atomic E-state index is 0.360. The van der Waals surface area contributed by atoms with Crippen molar-refractivity contribution in [1.82, 2.24) is 0 Å². The van der Waals surface area contributed by atoms with Gasteiger partial charge in [0, 0.05) is 12.2 Å². The third-order valence-electron chi connectivity index (χ3n) is 1.90. The van der Waals surface area contributed by atoms with E-state index in [1.807, 2.05) is 0 Å². The first kappa shape index (κ1) is 23.2. The molecule has 0 radical (unpaired) electrons. The van der Waals surface area contributed by atoms with Crippen molar-refractivity contribution in [2.24, 2.45) is 0 Å². The normalized spacial score (nSPS) is 19.0. The molecule has 23 heavy (non-hydrogen) atoms. The monoisotopic (exact) mass is 370 g/mol. The van der Waals surface area contributed by atoms with Crippen LogP contribution in [-0.2, 0) is 21.8 Å². The van der Waals surface area contributed by atoms with Crippen molar-refractivity contribution in [1.29, 1.82) is 0 Å². The van der Waals surface area contributed by atoms with E-state index in [9.17, 15) is 9.59 Å². The lowest BCUT2D eigenvalue weighted by atomic mass is 10.2. The average molecular weight is 371 g/mol. The summed E-state index contributed by atoms with van der Waals surface area (Å²) in [5.41, 5.74) is -1.46. The van der Waals surface area contributed by atoms with E-state index in [0.717, 1.165) is 0 Å². The summed E-state index contributed by atoms with van der Waals surface area (Å²) in [4.78, 5) is 21.5. The molecule has 0 spiro atoms. The summed E-state index contributed by atoms with van der Waals surface area (Å²) in [6.45, 7) is 17.5. The smallest absolute Gasteiger partial charge is 0.368 e. The maximum absolute atomic E-state index is 10.7. The lowest BCUT2D eigenvalue weighted by Crippen LogP contribution is -2.63. The van der Waals surface area contributed by atoms with Gasteiger partial charge in [-0.05, 0) is 69.2 Å². The molecule has 2 atom stereocenters. The molecule has 0 aromatic rings. The van der Waals surface area contributed by atoms with Gasteiger partial charge in [0.1, 0.15) is 0 Å². The van der Waals surface area contributed by atoms with E-state index >= 15 is 0 Å². The predicted octanol–water partition coefficient (Wildman–Crippen LogP) is 2.34. The molecule has 9 heteroatoms. The van der Waals surface area contributed by atoms with Crippen LogP contribution in [0.2, 0.25) is 0 Å². The zero-order valence-electron chi connectivity index (χ0n) is 16.1. The highest BCUT2D eigenvalue weighted by Crippen LogP contribution is 2.26. The molecule has 0 heterocycles. The van der Waals surface area contributed by atoms with Gasteiger partial charge in [-0.3, -0.25) is 0 Å². The van der Waals surface area contributed by atoms with Crippen LogP contribution in [0, 0.1) is 0 Å². The molecule has 7 nitrogen and oxygen atoms in total. The molecule has 0 aliphatic rings. The van der Waals surface area contributed by atoms with E-state index in [4.69, 9.17) is 21.8 Å². The van der Waals surface area contributed by atoms with E-state index in [2.05, 4.69) is 0 Å². The van der Waals surface area contributed by atoms with Gasteiger partial charge in [0.2, 0.25) is 0 Å². The first-order valence-electron chi connectivity index (χ1n) is 7.86. The van der Waals surface area contributed by atoms with Gasteiger partial charge in [-0.1, -0.05) is 0 Å². The molecule has 0 saturated heterocycles. The minimum atomic E-state index is -4.19. The molecule has 140 valence electrons. The van der Waals surface area contributed by atoms with Crippen LogP contribution in [0.5, 0.6) is 0 Å². The topological polar surface area (TPSA) is 86.6 Å². The number of hydrogen-bond acceptors (Lipinski definition) is 7. The van der Waals surface area contributed by atoms with Crippen molar-refractivity contribution in [3.63, 3.8) is 0 Å². The Bertz CT molecular complexity index is 331. The van der Waals surface area contributed by atoms with Gasteiger partial charge in [-0.25, -0.2) is 0 Å². The van der Waals surface area contributed by atoms with E-state index in [1.165, 1.54) is 0 Å². The van der Waals surface area contributed by atoms with Crippen molar-refractivity contribution < 1.29 is 31.4 Å². The van der Waals surface area contributed by atoms with Crippen LogP contribution < -0.4 is 0 Å². The van der Waals surface area contributed by atoms with Gasteiger partial charge in [-0.15, -0.1) is 0 Å². The van der Waals surface area contributed by atoms with Crippen LogP contribution >= 0.6 is 0 Å². The van der Waals surface area contributed by atoms with Crippen molar-refractivity contribution in [2.75, 3.05) is 0 Å². The average Bonchev–Trinajstić information content (AvgIpc) is 2.02. The Morgan fingerprint density at radius 1 is 0.652 bits per heavy atom. The van der Waals surface area contributed by atoms with Crippen LogP contribution in [0.3, 0.4) is 0 Å². The van der Waals surface area contributed by atoms with Gasteiger partial charge in [-0.2, -0.15) is 0 Å². The Hall–Kier alpha value is 0.154. The van der Waals surface area contributed by atoms with Crippen molar-refractivity contribution >= 4 is 18.1 Å². The molecule has 0 unspecified atom stereocenters. The van der Waals surface area contributed by atoms with Crippen LogP contribution in [0.15, 0.2) is 0 Å². The second-order valence-electron chi connectivity index (χ2n) is 7.91. The summed E-state index contributed by atoms with van der Waals surface area (Å²) >= 11 is 0. The Labute approximate surface area is 142 Å². The van der Waals surface area contributed by atoms with Gasteiger partial charge >= 0.3 is 18.1 Å². The van der Waals surface area contributed by atoms with Gasteiger partial charge in [0.15, 0.2) is 0 Å². The Kier molecular flexibility index (Phi) is 8.08. The van der Waals surface area contributed by atoms with E-state index in [0.29, 0.717) is 0 Å². The molecule has 0 aliphatic heterocycles. The summed E-state index contributed by atoms with van der Waals surface area (Å²) in [6, 6.07) is 0. The van der Waals surface area contributed by atoms with Crippen molar-refractivity contribution in [3.05, 3.63) is 0 Å². The third-order valence-corrected chi connectivity index (χ3v) is 7.24. The first-order chi connectivity index (χ1) is 9.95. The highest BCUT2D eigenvalue weighted by molar-refractivity contribution is 6.67. The Morgan fingerprint density at radius 3 is 1.09 bits per heavy atom. The summed E-state index contributed by atoms with van der Waals surface area (Å²) in [5.74, 6) is 0.